The van der Waals surface area contributed by atoms with Crippen LogP contribution in [0.2, 0.25) is 0 Å². The first kappa shape index (κ1) is 12.5. The van der Waals surface area contributed by atoms with E-state index in [4.69, 9.17) is 0 Å². The summed E-state index contributed by atoms with van der Waals surface area (Å²) < 4.78 is 0. The number of aromatic nitrogens is 2. The van der Waals surface area contributed by atoms with E-state index in [9.17, 15) is 4.79 Å². The summed E-state index contributed by atoms with van der Waals surface area (Å²) in [5, 5.41) is 5.28. The van der Waals surface area contributed by atoms with Gasteiger partial charge in [-0.05, 0) is 25.1 Å². The van der Waals surface area contributed by atoms with E-state index in [1.165, 1.54) is 10.9 Å². The predicted molar refractivity (Wildman–Crippen MR) is 91.5 cm³/mol. The van der Waals surface area contributed by atoms with Crippen molar-refractivity contribution in [3.05, 3.63) is 59.3 Å². The molecule has 1 amide bonds. The van der Waals surface area contributed by atoms with Gasteiger partial charge in [-0.3, -0.25) is 4.79 Å². The molecule has 23 heavy (non-hydrogen) atoms. The summed E-state index contributed by atoms with van der Waals surface area (Å²) in [7, 11) is 0. The summed E-state index contributed by atoms with van der Waals surface area (Å²) in [6.07, 6.45) is 0. The van der Waals surface area contributed by atoms with Gasteiger partial charge in [0, 0.05) is 39.5 Å². The molecule has 0 aliphatic carbocycles. The maximum absolute atomic E-state index is 12.5. The molecule has 0 bridgehead atoms. The maximum atomic E-state index is 12.5. The molecule has 3 N–H and O–H groups in total. The fourth-order valence-corrected chi connectivity index (χ4v) is 3.59. The smallest absolute Gasteiger partial charge is 0.268 e. The zero-order chi connectivity index (χ0) is 15.6. The molecule has 0 saturated carbocycles. The Balaban J connectivity index is 1.95. The average molecular weight is 301 g/mol. The standard InChI is InChI=1S/C19H15N3O/c1-10-6-7-15-12(8-10)13-9-20-19(23)18-16(17(13)21-15)11-4-2-3-5-14(11)22-18/h2-8,21-22H,9H2,1H3,(H,20,23). The first-order valence-electron chi connectivity index (χ1n) is 7.73. The molecule has 0 saturated heterocycles. The molecule has 0 spiro atoms. The Bertz CT molecular complexity index is 1100. The minimum absolute atomic E-state index is 0.0541. The monoisotopic (exact) mass is 301 g/mol. The van der Waals surface area contributed by atoms with E-state index in [1.54, 1.807) is 0 Å². The number of carbonyl (C=O) groups excluding carboxylic acids is 1. The van der Waals surface area contributed by atoms with Gasteiger partial charge in [0.2, 0.25) is 0 Å². The normalized spacial score (nSPS) is 13.7. The molecule has 1 aliphatic heterocycles. The number of aromatic amines is 2. The van der Waals surface area contributed by atoms with Crippen molar-refractivity contribution in [2.75, 3.05) is 0 Å². The van der Waals surface area contributed by atoms with Gasteiger partial charge >= 0.3 is 0 Å². The second-order valence-electron chi connectivity index (χ2n) is 6.13. The number of hydrogen-bond donors (Lipinski definition) is 3. The number of H-pyrrole nitrogens is 2. The summed E-state index contributed by atoms with van der Waals surface area (Å²) in [6, 6.07) is 14.4. The van der Waals surface area contributed by atoms with Crippen LogP contribution in [0.1, 0.15) is 21.6 Å². The minimum Gasteiger partial charge on any atom is -0.354 e. The lowest BCUT2D eigenvalue weighted by Gasteiger charge is -2.01. The van der Waals surface area contributed by atoms with Crippen LogP contribution in [0.5, 0.6) is 0 Å². The molecule has 2 aromatic carbocycles. The lowest BCUT2D eigenvalue weighted by molar-refractivity contribution is 0.0949. The van der Waals surface area contributed by atoms with Gasteiger partial charge < -0.3 is 15.3 Å². The van der Waals surface area contributed by atoms with Gasteiger partial charge in [-0.25, -0.2) is 0 Å². The largest absolute Gasteiger partial charge is 0.354 e. The molecule has 4 aromatic rings. The molecule has 4 heteroatoms. The van der Waals surface area contributed by atoms with Crippen molar-refractivity contribution in [3.8, 4) is 11.3 Å². The van der Waals surface area contributed by atoms with E-state index in [2.05, 4.69) is 46.5 Å². The third-order valence-corrected chi connectivity index (χ3v) is 4.67. The molecule has 0 fully saturated rings. The highest BCUT2D eigenvalue weighted by molar-refractivity contribution is 6.12. The SMILES string of the molecule is Cc1ccc2[nH]c3c(c2c1)CNC(=O)c1[nH]c2ccccc2c1-3. The van der Waals surface area contributed by atoms with E-state index in [0.29, 0.717) is 12.2 Å². The first-order valence-corrected chi connectivity index (χ1v) is 7.73. The zero-order valence-corrected chi connectivity index (χ0v) is 12.7. The number of hydrogen-bond acceptors (Lipinski definition) is 1. The number of benzene rings is 2. The van der Waals surface area contributed by atoms with E-state index in [0.717, 1.165) is 33.2 Å². The van der Waals surface area contributed by atoms with E-state index in [1.807, 2.05) is 18.2 Å². The average Bonchev–Trinajstić information content (AvgIpc) is 3.06. The highest BCUT2D eigenvalue weighted by atomic mass is 16.1. The molecule has 5 rings (SSSR count). The van der Waals surface area contributed by atoms with Crippen LogP contribution in [-0.2, 0) is 6.54 Å². The van der Waals surface area contributed by atoms with Crippen LogP contribution in [0.4, 0.5) is 0 Å². The second-order valence-corrected chi connectivity index (χ2v) is 6.13. The van der Waals surface area contributed by atoms with Gasteiger partial charge in [0.1, 0.15) is 5.69 Å². The lowest BCUT2D eigenvalue weighted by atomic mass is 10.0. The Labute approximate surface area is 132 Å². The van der Waals surface area contributed by atoms with Crippen LogP contribution in [0, 0.1) is 6.92 Å². The Morgan fingerprint density at radius 2 is 1.70 bits per heavy atom. The molecular formula is C19H15N3O. The van der Waals surface area contributed by atoms with E-state index in [-0.39, 0.29) is 5.91 Å². The van der Waals surface area contributed by atoms with Crippen LogP contribution < -0.4 is 5.32 Å². The van der Waals surface area contributed by atoms with Crippen molar-refractivity contribution in [3.63, 3.8) is 0 Å². The molecule has 4 nitrogen and oxygen atoms in total. The zero-order valence-electron chi connectivity index (χ0n) is 12.7. The molecule has 0 unspecified atom stereocenters. The lowest BCUT2D eigenvalue weighted by Crippen LogP contribution is -2.21. The number of aryl methyl sites for hydroxylation is 1. The van der Waals surface area contributed by atoms with Crippen LogP contribution in [0.3, 0.4) is 0 Å². The summed E-state index contributed by atoms with van der Waals surface area (Å²) >= 11 is 0. The van der Waals surface area contributed by atoms with Gasteiger partial charge in [-0.2, -0.15) is 0 Å². The molecule has 0 atom stereocenters. The quantitative estimate of drug-likeness (QED) is 0.453. The van der Waals surface area contributed by atoms with Gasteiger partial charge in [-0.15, -0.1) is 0 Å². The highest BCUT2D eigenvalue weighted by Crippen LogP contribution is 2.39. The third-order valence-electron chi connectivity index (χ3n) is 4.67. The molecule has 3 heterocycles. The molecule has 112 valence electrons. The van der Waals surface area contributed by atoms with Crippen molar-refractivity contribution in [1.29, 1.82) is 0 Å². The number of nitrogens with one attached hydrogen (secondary N) is 3. The van der Waals surface area contributed by atoms with Crippen LogP contribution in [0.15, 0.2) is 42.5 Å². The topological polar surface area (TPSA) is 60.7 Å². The number of carbonyl (C=O) groups is 1. The van der Waals surface area contributed by atoms with Crippen LogP contribution in [0.25, 0.3) is 33.1 Å². The Morgan fingerprint density at radius 1 is 0.913 bits per heavy atom. The van der Waals surface area contributed by atoms with Crippen LogP contribution >= 0.6 is 0 Å². The summed E-state index contributed by atoms with van der Waals surface area (Å²) in [5.41, 5.74) is 7.10. The van der Waals surface area contributed by atoms with Crippen LogP contribution in [-0.4, -0.2) is 15.9 Å². The Hall–Kier alpha value is -3.01. The van der Waals surface area contributed by atoms with Crippen molar-refractivity contribution in [2.45, 2.75) is 13.5 Å². The fourth-order valence-electron chi connectivity index (χ4n) is 3.59. The van der Waals surface area contributed by atoms with Crippen molar-refractivity contribution < 1.29 is 4.79 Å². The summed E-state index contributed by atoms with van der Waals surface area (Å²) in [6.45, 7) is 2.62. The summed E-state index contributed by atoms with van der Waals surface area (Å²) in [5.74, 6) is -0.0541. The van der Waals surface area contributed by atoms with Crippen molar-refractivity contribution in [2.24, 2.45) is 0 Å². The first-order chi connectivity index (χ1) is 11.2. The molecular weight excluding hydrogens is 286 g/mol. The Morgan fingerprint density at radius 3 is 2.61 bits per heavy atom. The molecule has 0 radical (unpaired) electrons. The number of fused-ring (bicyclic) bond motifs is 7. The van der Waals surface area contributed by atoms with Crippen molar-refractivity contribution >= 4 is 27.7 Å². The number of para-hydroxylation sites is 1. The van der Waals surface area contributed by atoms with E-state index < -0.39 is 0 Å². The predicted octanol–water partition coefficient (Wildman–Crippen LogP) is 3.87. The maximum Gasteiger partial charge on any atom is 0.268 e. The van der Waals surface area contributed by atoms with E-state index >= 15 is 0 Å². The molecule has 1 aliphatic rings. The Kier molecular flexibility index (Phi) is 2.32. The number of amides is 1. The number of rotatable bonds is 0. The van der Waals surface area contributed by atoms with Gasteiger partial charge in [-0.1, -0.05) is 29.8 Å². The summed E-state index contributed by atoms with van der Waals surface area (Å²) in [4.78, 5) is 19.3. The third kappa shape index (κ3) is 1.63. The second kappa shape index (κ2) is 4.26. The highest BCUT2D eigenvalue weighted by Gasteiger charge is 2.26. The van der Waals surface area contributed by atoms with Gasteiger partial charge in [0.25, 0.3) is 5.91 Å². The fraction of sp³-hybridized carbons (Fsp3) is 0.105. The molecule has 2 aromatic heterocycles. The van der Waals surface area contributed by atoms with Gasteiger partial charge in [0.15, 0.2) is 0 Å². The van der Waals surface area contributed by atoms with Crippen molar-refractivity contribution in [1.82, 2.24) is 15.3 Å². The van der Waals surface area contributed by atoms with Gasteiger partial charge in [0.05, 0.1) is 5.69 Å². The minimum atomic E-state index is -0.0541.